The number of carbonyl (C=O) groups is 3. The number of hydrogen-bond donors (Lipinski definition) is 2. The second-order valence-electron chi connectivity index (χ2n) is 7.24. The molecule has 0 atom stereocenters. The van der Waals surface area contributed by atoms with Crippen molar-refractivity contribution in [2.45, 2.75) is 46.5 Å². The van der Waals surface area contributed by atoms with E-state index in [1.54, 1.807) is 17.4 Å². The molecule has 0 bridgehead atoms. The lowest BCUT2D eigenvalue weighted by atomic mass is 9.95. The van der Waals surface area contributed by atoms with Gasteiger partial charge in [0.2, 0.25) is 0 Å². The molecule has 0 radical (unpaired) electrons. The lowest BCUT2D eigenvalue weighted by Crippen LogP contribution is -2.22. The first kappa shape index (κ1) is 19.4. The number of ether oxygens (including phenoxy) is 1. The predicted molar refractivity (Wildman–Crippen MR) is 110 cm³/mol. The van der Waals surface area contributed by atoms with Crippen LogP contribution in [-0.4, -0.2) is 29.1 Å². The number of urea groups is 1. The lowest BCUT2D eigenvalue weighted by molar-refractivity contribution is -0.115. The number of fused-ring (bicyclic) bond motifs is 1. The highest BCUT2D eigenvalue weighted by molar-refractivity contribution is 7.15. The van der Waals surface area contributed by atoms with Gasteiger partial charge in [-0.25, -0.2) is 9.59 Å². The third kappa shape index (κ3) is 3.37. The summed E-state index contributed by atoms with van der Waals surface area (Å²) in [6.07, 6.45) is 5.74. The van der Waals surface area contributed by atoms with E-state index in [4.69, 9.17) is 4.74 Å². The zero-order chi connectivity index (χ0) is 20.7. The van der Waals surface area contributed by atoms with Crippen molar-refractivity contribution in [3.05, 3.63) is 44.7 Å². The summed E-state index contributed by atoms with van der Waals surface area (Å²) in [5, 5.41) is 5.59. The molecule has 2 aromatic rings. The van der Waals surface area contributed by atoms with Crippen molar-refractivity contribution in [1.82, 2.24) is 15.2 Å². The lowest BCUT2D eigenvalue weighted by Gasteiger charge is -2.13. The second-order valence-corrected chi connectivity index (χ2v) is 8.32. The van der Waals surface area contributed by atoms with Gasteiger partial charge >= 0.3 is 12.0 Å². The number of aromatic nitrogens is 1. The Balaban J connectivity index is 1.84. The molecule has 1 aliphatic carbocycles. The van der Waals surface area contributed by atoms with Crippen LogP contribution < -0.4 is 10.6 Å². The van der Waals surface area contributed by atoms with Crippen molar-refractivity contribution in [2.24, 2.45) is 0 Å². The van der Waals surface area contributed by atoms with E-state index >= 15 is 0 Å². The van der Waals surface area contributed by atoms with Crippen LogP contribution in [0.25, 0.3) is 11.1 Å². The molecule has 2 aromatic heterocycles. The summed E-state index contributed by atoms with van der Waals surface area (Å²) in [4.78, 5) is 37.3. The molecule has 8 heteroatoms. The van der Waals surface area contributed by atoms with E-state index in [0.29, 0.717) is 12.2 Å². The van der Waals surface area contributed by atoms with Gasteiger partial charge in [-0.05, 0) is 69.7 Å². The van der Waals surface area contributed by atoms with Crippen LogP contribution in [0.5, 0.6) is 0 Å². The molecule has 1 aliphatic heterocycles. The summed E-state index contributed by atoms with van der Waals surface area (Å²) in [5.41, 5.74) is 4.66. The fourth-order valence-corrected chi connectivity index (χ4v) is 5.49. The standard InChI is InChI=1S/C21H23N3O4S/c1-4-28-20(26)17-14-7-5-6-8-16(14)29-19(17)24-11(2)9-13(12(24)3)10-15-18(25)23-21(27)22-15/h9-10H,4-8H2,1-3H3,(H2,22,23,25,27). The molecule has 0 aromatic carbocycles. The number of imide groups is 1. The molecule has 0 unspecified atom stereocenters. The average molecular weight is 413 g/mol. The van der Waals surface area contributed by atoms with Gasteiger partial charge in [-0.1, -0.05) is 0 Å². The maximum absolute atomic E-state index is 12.8. The maximum atomic E-state index is 12.8. The summed E-state index contributed by atoms with van der Waals surface area (Å²) >= 11 is 1.65. The molecular weight excluding hydrogens is 390 g/mol. The van der Waals surface area contributed by atoms with Crippen LogP contribution in [0.2, 0.25) is 0 Å². The highest BCUT2D eigenvalue weighted by Gasteiger charge is 2.29. The van der Waals surface area contributed by atoms with Gasteiger partial charge in [0.15, 0.2) is 0 Å². The smallest absolute Gasteiger partial charge is 0.341 e. The van der Waals surface area contributed by atoms with E-state index in [1.165, 1.54) is 4.88 Å². The summed E-state index contributed by atoms with van der Waals surface area (Å²) in [5.74, 6) is -0.727. The Kier molecular flexibility index (Phi) is 5.04. The molecule has 4 rings (SSSR count). The van der Waals surface area contributed by atoms with Gasteiger partial charge in [-0.15, -0.1) is 11.3 Å². The van der Waals surface area contributed by atoms with Crippen LogP contribution in [0.3, 0.4) is 0 Å². The summed E-state index contributed by atoms with van der Waals surface area (Å²) < 4.78 is 7.43. The van der Waals surface area contributed by atoms with Crippen LogP contribution >= 0.6 is 11.3 Å². The molecule has 2 aliphatic rings. The SMILES string of the molecule is CCOC(=O)c1c(-n2c(C)cc(C=C3NC(=O)NC3=O)c2C)sc2c1CCCC2. The predicted octanol–water partition coefficient (Wildman–Crippen LogP) is 3.39. The third-order valence-electron chi connectivity index (χ3n) is 5.33. The fourth-order valence-electron chi connectivity index (χ4n) is 4.01. The maximum Gasteiger partial charge on any atom is 0.341 e. The quantitative estimate of drug-likeness (QED) is 0.457. The monoisotopic (exact) mass is 413 g/mol. The minimum absolute atomic E-state index is 0.214. The first-order chi connectivity index (χ1) is 13.9. The van der Waals surface area contributed by atoms with E-state index in [2.05, 4.69) is 15.2 Å². The van der Waals surface area contributed by atoms with Gasteiger partial charge in [0.1, 0.15) is 10.7 Å². The number of carbonyl (C=O) groups excluding carboxylic acids is 3. The Morgan fingerprint density at radius 3 is 2.69 bits per heavy atom. The number of nitrogens with zero attached hydrogens (tertiary/aromatic N) is 1. The van der Waals surface area contributed by atoms with E-state index < -0.39 is 11.9 Å². The van der Waals surface area contributed by atoms with Crippen LogP contribution in [0.4, 0.5) is 4.79 Å². The number of thiophene rings is 1. The first-order valence-corrected chi connectivity index (χ1v) is 10.6. The molecule has 3 heterocycles. The average Bonchev–Trinajstić information content (AvgIpc) is 3.28. The number of amides is 3. The zero-order valence-electron chi connectivity index (χ0n) is 16.7. The van der Waals surface area contributed by atoms with Crippen molar-refractivity contribution in [2.75, 3.05) is 6.61 Å². The van der Waals surface area contributed by atoms with Gasteiger partial charge in [0.05, 0.1) is 12.2 Å². The largest absolute Gasteiger partial charge is 0.462 e. The molecule has 7 nitrogen and oxygen atoms in total. The normalized spacial score (nSPS) is 17.3. The van der Waals surface area contributed by atoms with Gasteiger partial charge < -0.3 is 14.6 Å². The van der Waals surface area contributed by atoms with Gasteiger partial charge in [-0.2, -0.15) is 0 Å². The molecule has 1 saturated heterocycles. The molecule has 3 amide bonds. The zero-order valence-corrected chi connectivity index (χ0v) is 17.5. The molecule has 0 spiro atoms. The fraction of sp³-hybridized carbons (Fsp3) is 0.381. The number of nitrogens with one attached hydrogen (secondary N) is 2. The molecular formula is C21H23N3O4S. The molecule has 2 N–H and O–H groups in total. The van der Waals surface area contributed by atoms with Crippen LogP contribution in [0, 0.1) is 13.8 Å². The summed E-state index contributed by atoms with van der Waals surface area (Å²) in [6, 6.07) is 1.43. The minimum Gasteiger partial charge on any atom is -0.462 e. The summed E-state index contributed by atoms with van der Waals surface area (Å²) in [6.45, 7) is 6.06. The van der Waals surface area contributed by atoms with Gasteiger partial charge in [-0.3, -0.25) is 10.1 Å². The van der Waals surface area contributed by atoms with Crippen molar-refractivity contribution in [3.63, 3.8) is 0 Å². The number of esters is 1. The minimum atomic E-state index is -0.523. The van der Waals surface area contributed by atoms with Crippen molar-refractivity contribution in [1.29, 1.82) is 0 Å². The number of hydrogen-bond acceptors (Lipinski definition) is 5. The highest BCUT2D eigenvalue weighted by atomic mass is 32.1. The van der Waals surface area contributed by atoms with E-state index in [-0.39, 0.29) is 11.7 Å². The summed E-state index contributed by atoms with van der Waals surface area (Å²) in [7, 11) is 0. The van der Waals surface area contributed by atoms with E-state index in [0.717, 1.165) is 53.2 Å². The van der Waals surface area contributed by atoms with Crippen molar-refractivity contribution in [3.8, 4) is 5.00 Å². The molecule has 1 fully saturated rings. The Hall–Kier alpha value is -2.87. The Morgan fingerprint density at radius 1 is 1.24 bits per heavy atom. The number of rotatable bonds is 4. The molecule has 29 heavy (non-hydrogen) atoms. The molecule has 152 valence electrons. The van der Waals surface area contributed by atoms with E-state index in [9.17, 15) is 14.4 Å². The Bertz CT molecular complexity index is 1060. The topological polar surface area (TPSA) is 89.4 Å². The first-order valence-electron chi connectivity index (χ1n) is 9.75. The van der Waals surface area contributed by atoms with E-state index in [1.807, 2.05) is 26.8 Å². The van der Waals surface area contributed by atoms with Crippen molar-refractivity contribution >= 4 is 35.3 Å². The second kappa shape index (κ2) is 7.51. The highest BCUT2D eigenvalue weighted by Crippen LogP contribution is 2.39. The van der Waals surface area contributed by atoms with Crippen LogP contribution in [0.1, 0.15) is 57.5 Å². The van der Waals surface area contributed by atoms with Gasteiger partial charge in [0, 0.05) is 16.3 Å². The third-order valence-corrected chi connectivity index (χ3v) is 6.60. The van der Waals surface area contributed by atoms with Crippen molar-refractivity contribution < 1.29 is 19.1 Å². The van der Waals surface area contributed by atoms with Crippen LogP contribution in [0.15, 0.2) is 11.8 Å². The number of aryl methyl sites for hydroxylation is 2. The van der Waals surface area contributed by atoms with Gasteiger partial charge in [0.25, 0.3) is 5.91 Å². The Morgan fingerprint density at radius 2 is 2.00 bits per heavy atom. The molecule has 0 saturated carbocycles. The van der Waals surface area contributed by atoms with Crippen LogP contribution in [-0.2, 0) is 22.4 Å². The Labute approximate surface area is 172 Å².